The van der Waals surface area contributed by atoms with Gasteiger partial charge in [-0.2, -0.15) is 0 Å². The maximum absolute atomic E-state index is 11.3. The number of carbonyl (C=O) groups excluding carboxylic acids is 1. The number of nitrogens with zero attached hydrogens (tertiary/aromatic N) is 2. The topological polar surface area (TPSA) is 54.9 Å². The van der Waals surface area contributed by atoms with Gasteiger partial charge in [0.05, 0.1) is 6.04 Å². The first-order chi connectivity index (χ1) is 9.75. The molecule has 4 heteroatoms. The van der Waals surface area contributed by atoms with Crippen molar-refractivity contribution in [2.45, 2.75) is 32.2 Å². The summed E-state index contributed by atoms with van der Waals surface area (Å²) in [7, 11) is 0. The smallest absolute Gasteiger partial charge is 0.217 e. The van der Waals surface area contributed by atoms with Crippen molar-refractivity contribution in [3.63, 3.8) is 0 Å². The van der Waals surface area contributed by atoms with Crippen LogP contribution < -0.4 is 5.32 Å². The monoisotopic (exact) mass is 269 g/mol. The third-order valence-corrected chi connectivity index (χ3v) is 3.08. The number of hydrogen-bond acceptors (Lipinski definition) is 3. The van der Waals surface area contributed by atoms with E-state index in [4.69, 9.17) is 0 Å². The fourth-order valence-corrected chi connectivity index (χ4v) is 2.16. The molecular formula is C16H19N3O. The Morgan fingerprint density at radius 3 is 2.50 bits per heavy atom. The first-order valence-corrected chi connectivity index (χ1v) is 6.83. The van der Waals surface area contributed by atoms with E-state index >= 15 is 0 Å². The van der Waals surface area contributed by atoms with Gasteiger partial charge in [-0.15, -0.1) is 0 Å². The molecule has 0 radical (unpaired) electrons. The van der Waals surface area contributed by atoms with E-state index < -0.39 is 0 Å². The summed E-state index contributed by atoms with van der Waals surface area (Å²) in [5.74, 6) is 0.623. The number of aryl methyl sites for hydroxylation is 1. The predicted octanol–water partition coefficient (Wildman–Crippen LogP) is 2.68. The van der Waals surface area contributed by atoms with Crippen LogP contribution in [-0.4, -0.2) is 15.9 Å². The van der Waals surface area contributed by atoms with Gasteiger partial charge in [0.25, 0.3) is 0 Å². The maximum Gasteiger partial charge on any atom is 0.217 e. The highest BCUT2D eigenvalue weighted by molar-refractivity contribution is 5.73. The van der Waals surface area contributed by atoms with Crippen LogP contribution in [0.1, 0.15) is 37.2 Å². The van der Waals surface area contributed by atoms with Crippen molar-refractivity contribution in [3.8, 4) is 0 Å². The van der Waals surface area contributed by atoms with E-state index in [1.54, 1.807) is 18.5 Å². The summed E-state index contributed by atoms with van der Waals surface area (Å²) in [4.78, 5) is 19.8. The van der Waals surface area contributed by atoms with Crippen molar-refractivity contribution < 1.29 is 4.79 Å². The maximum atomic E-state index is 11.3. The Kier molecular flexibility index (Phi) is 5.24. The molecule has 20 heavy (non-hydrogen) atoms. The number of amides is 1. The summed E-state index contributed by atoms with van der Waals surface area (Å²) >= 11 is 0. The lowest BCUT2D eigenvalue weighted by Gasteiger charge is -2.16. The van der Waals surface area contributed by atoms with E-state index in [-0.39, 0.29) is 11.9 Å². The van der Waals surface area contributed by atoms with Crippen molar-refractivity contribution in [1.29, 1.82) is 0 Å². The quantitative estimate of drug-likeness (QED) is 0.877. The second kappa shape index (κ2) is 7.38. The molecule has 0 aliphatic heterocycles. The van der Waals surface area contributed by atoms with Crippen LogP contribution in [0.25, 0.3) is 0 Å². The van der Waals surface area contributed by atoms with Gasteiger partial charge in [-0.25, -0.2) is 9.97 Å². The number of carbonyl (C=O) groups is 1. The molecule has 1 aromatic carbocycles. The van der Waals surface area contributed by atoms with E-state index in [1.807, 2.05) is 18.2 Å². The minimum Gasteiger partial charge on any atom is -0.346 e. The highest BCUT2D eigenvalue weighted by Crippen LogP contribution is 2.16. The lowest BCUT2D eigenvalue weighted by Crippen LogP contribution is -2.27. The summed E-state index contributed by atoms with van der Waals surface area (Å²) < 4.78 is 0. The zero-order valence-electron chi connectivity index (χ0n) is 11.6. The summed E-state index contributed by atoms with van der Waals surface area (Å²) in [6, 6.07) is 12.0. The van der Waals surface area contributed by atoms with E-state index in [9.17, 15) is 4.79 Å². The zero-order valence-corrected chi connectivity index (χ0v) is 11.6. The Labute approximate surface area is 119 Å². The van der Waals surface area contributed by atoms with Crippen LogP contribution >= 0.6 is 0 Å². The molecule has 0 bridgehead atoms. The molecule has 0 saturated heterocycles. The fourth-order valence-electron chi connectivity index (χ4n) is 2.16. The van der Waals surface area contributed by atoms with Gasteiger partial charge in [-0.1, -0.05) is 30.3 Å². The molecule has 0 aliphatic carbocycles. The minimum atomic E-state index is -0.114. The highest BCUT2D eigenvalue weighted by Gasteiger charge is 2.14. The van der Waals surface area contributed by atoms with Crippen LogP contribution in [0.3, 0.4) is 0 Å². The molecule has 1 heterocycles. The molecule has 4 nitrogen and oxygen atoms in total. The van der Waals surface area contributed by atoms with Crippen LogP contribution in [0.4, 0.5) is 0 Å². The third kappa shape index (κ3) is 4.46. The van der Waals surface area contributed by atoms with Crippen molar-refractivity contribution in [2.75, 3.05) is 0 Å². The van der Waals surface area contributed by atoms with Crippen LogP contribution in [0.2, 0.25) is 0 Å². The minimum absolute atomic E-state index is 0.0536. The summed E-state index contributed by atoms with van der Waals surface area (Å²) in [5, 5.41) is 2.92. The zero-order chi connectivity index (χ0) is 14.2. The number of aromatic nitrogens is 2. The van der Waals surface area contributed by atoms with E-state index in [1.165, 1.54) is 12.5 Å². The molecule has 104 valence electrons. The Morgan fingerprint density at radius 1 is 1.15 bits per heavy atom. The van der Waals surface area contributed by atoms with Gasteiger partial charge in [0.2, 0.25) is 5.91 Å². The van der Waals surface area contributed by atoms with Crippen molar-refractivity contribution in [3.05, 3.63) is 60.2 Å². The molecule has 1 atom stereocenters. The lowest BCUT2D eigenvalue weighted by atomic mass is 10.0. The number of hydrogen-bond donors (Lipinski definition) is 1. The van der Waals surface area contributed by atoms with E-state index in [0.29, 0.717) is 5.82 Å². The Bertz CT molecular complexity index is 528. The molecular weight excluding hydrogens is 250 g/mol. The molecule has 1 unspecified atom stereocenters. The van der Waals surface area contributed by atoms with Crippen LogP contribution in [0, 0.1) is 0 Å². The molecule has 0 spiro atoms. The van der Waals surface area contributed by atoms with Crippen molar-refractivity contribution in [2.24, 2.45) is 0 Å². The molecule has 0 fully saturated rings. The van der Waals surface area contributed by atoms with Crippen LogP contribution in [-0.2, 0) is 11.2 Å². The Hall–Kier alpha value is -2.23. The molecule has 0 aliphatic rings. The van der Waals surface area contributed by atoms with Crippen molar-refractivity contribution in [1.82, 2.24) is 15.3 Å². The average molecular weight is 269 g/mol. The first kappa shape index (κ1) is 14.2. The molecule has 2 rings (SSSR count). The van der Waals surface area contributed by atoms with Gasteiger partial charge in [-0.3, -0.25) is 4.79 Å². The average Bonchev–Trinajstić information content (AvgIpc) is 2.48. The lowest BCUT2D eigenvalue weighted by molar-refractivity contribution is -0.119. The summed E-state index contributed by atoms with van der Waals surface area (Å²) in [6.45, 7) is 1.52. The normalized spacial score (nSPS) is 11.8. The second-order valence-corrected chi connectivity index (χ2v) is 4.74. The summed E-state index contributed by atoms with van der Waals surface area (Å²) in [6.07, 6.45) is 6.21. The molecule has 2 aromatic rings. The largest absolute Gasteiger partial charge is 0.346 e. The van der Waals surface area contributed by atoms with Crippen LogP contribution in [0.5, 0.6) is 0 Å². The Morgan fingerprint density at radius 2 is 1.85 bits per heavy atom. The number of nitrogens with one attached hydrogen (secondary N) is 1. The fraction of sp³-hybridized carbons (Fsp3) is 0.312. The van der Waals surface area contributed by atoms with Gasteiger partial charge in [0.1, 0.15) is 5.82 Å². The SMILES string of the molecule is CC(=O)NC(CCCc1ccccc1)c1ncccn1. The number of benzene rings is 1. The van der Waals surface area contributed by atoms with Crippen molar-refractivity contribution >= 4 is 5.91 Å². The van der Waals surface area contributed by atoms with Gasteiger partial charge >= 0.3 is 0 Å². The van der Waals surface area contributed by atoms with Gasteiger partial charge in [0.15, 0.2) is 0 Å². The molecule has 1 N–H and O–H groups in total. The predicted molar refractivity (Wildman–Crippen MR) is 78.0 cm³/mol. The van der Waals surface area contributed by atoms with Gasteiger partial charge in [0, 0.05) is 19.3 Å². The molecule has 0 saturated carbocycles. The van der Waals surface area contributed by atoms with Crippen LogP contribution in [0.15, 0.2) is 48.8 Å². The first-order valence-electron chi connectivity index (χ1n) is 6.83. The molecule has 1 amide bonds. The standard InChI is InChI=1S/C16H19N3O/c1-13(20)19-15(16-17-11-6-12-18-16)10-5-9-14-7-3-2-4-8-14/h2-4,6-8,11-12,15H,5,9-10H2,1H3,(H,19,20). The second-order valence-electron chi connectivity index (χ2n) is 4.74. The Balaban J connectivity index is 1.93. The highest BCUT2D eigenvalue weighted by atomic mass is 16.1. The van der Waals surface area contributed by atoms with E-state index in [2.05, 4.69) is 27.4 Å². The van der Waals surface area contributed by atoms with Gasteiger partial charge in [-0.05, 0) is 30.9 Å². The van der Waals surface area contributed by atoms with Gasteiger partial charge < -0.3 is 5.32 Å². The number of rotatable bonds is 6. The van der Waals surface area contributed by atoms with E-state index in [0.717, 1.165) is 19.3 Å². The molecule has 1 aromatic heterocycles. The third-order valence-electron chi connectivity index (χ3n) is 3.08. The summed E-state index contributed by atoms with van der Waals surface area (Å²) in [5.41, 5.74) is 1.31.